The molecule has 1 radical (unpaired) electrons. The van der Waals surface area contributed by atoms with Crippen molar-refractivity contribution in [2.45, 2.75) is 6.54 Å². The van der Waals surface area contributed by atoms with Gasteiger partial charge in [0.1, 0.15) is 6.61 Å². The number of hydrogen-bond acceptors (Lipinski definition) is 6. The van der Waals surface area contributed by atoms with Crippen molar-refractivity contribution in [2.75, 3.05) is 20.7 Å². The minimum absolute atomic E-state index is 0. The fourth-order valence-electron chi connectivity index (χ4n) is 0.920. The van der Waals surface area contributed by atoms with Crippen molar-refractivity contribution in [3.05, 3.63) is 35.9 Å². The van der Waals surface area contributed by atoms with E-state index in [4.69, 9.17) is 10.3 Å². The van der Waals surface area contributed by atoms with Crippen LogP contribution in [0.4, 0.5) is 0 Å². The number of aliphatic hydroxyl groups is 1. The summed E-state index contributed by atoms with van der Waals surface area (Å²) in [7, 11) is 3.13. The summed E-state index contributed by atoms with van der Waals surface area (Å²) in [5.74, 6) is -0.644. The maximum Gasteiger partial charge on any atom is 0.350 e. The fraction of sp³-hybridized carbons (Fsp3) is 0.364. The SMILES string of the molecule is CN(C)OC(=O)CO.ONCc1ccccc1.[Y]. The van der Waals surface area contributed by atoms with Gasteiger partial charge in [-0.25, -0.2) is 10.3 Å². The van der Waals surface area contributed by atoms with Crippen molar-refractivity contribution >= 4 is 5.97 Å². The predicted molar refractivity (Wildman–Crippen MR) is 61.9 cm³/mol. The molecule has 0 unspecified atom stereocenters. The van der Waals surface area contributed by atoms with Gasteiger partial charge in [0.2, 0.25) is 0 Å². The van der Waals surface area contributed by atoms with Crippen LogP contribution in [0.15, 0.2) is 30.3 Å². The van der Waals surface area contributed by atoms with E-state index in [0.29, 0.717) is 6.54 Å². The molecule has 0 aliphatic heterocycles. The number of aliphatic hydroxyl groups excluding tert-OH is 1. The minimum atomic E-state index is -0.644. The normalized spacial score (nSPS) is 8.94. The van der Waals surface area contributed by atoms with Crippen LogP contribution in [-0.4, -0.2) is 42.0 Å². The van der Waals surface area contributed by atoms with Crippen LogP contribution in [0.2, 0.25) is 0 Å². The van der Waals surface area contributed by atoms with Gasteiger partial charge in [-0.2, -0.15) is 0 Å². The van der Waals surface area contributed by atoms with Crippen molar-refractivity contribution < 1.29 is 52.7 Å². The van der Waals surface area contributed by atoms with E-state index in [1.807, 2.05) is 30.3 Å². The fourth-order valence-corrected chi connectivity index (χ4v) is 0.920. The first-order valence-electron chi connectivity index (χ1n) is 5.00. The summed E-state index contributed by atoms with van der Waals surface area (Å²) in [4.78, 5) is 14.5. The van der Waals surface area contributed by atoms with E-state index < -0.39 is 12.6 Å². The number of hydroxylamine groups is 3. The summed E-state index contributed by atoms with van der Waals surface area (Å²) in [6, 6.07) is 9.71. The molecule has 1 aromatic carbocycles. The Hall–Kier alpha value is -0.366. The molecule has 3 N–H and O–H groups in total. The monoisotopic (exact) mass is 331 g/mol. The molecule has 0 saturated carbocycles. The molecule has 1 rings (SSSR count). The summed E-state index contributed by atoms with van der Waals surface area (Å²) in [5.41, 5.74) is 3.17. The molecule has 0 bridgehead atoms. The first-order valence-corrected chi connectivity index (χ1v) is 5.00. The average molecular weight is 331 g/mol. The Morgan fingerprint density at radius 1 is 1.33 bits per heavy atom. The van der Waals surface area contributed by atoms with Crippen molar-refractivity contribution in [2.24, 2.45) is 0 Å². The van der Waals surface area contributed by atoms with Crippen LogP contribution in [0.25, 0.3) is 0 Å². The topological polar surface area (TPSA) is 82.0 Å². The Kier molecular flexibility index (Phi) is 14.5. The van der Waals surface area contributed by atoms with Gasteiger partial charge in [-0.15, -0.1) is 5.06 Å². The molecular formula is C11H18N2O4Y. The first kappa shape index (κ1) is 20.0. The van der Waals surface area contributed by atoms with E-state index in [2.05, 4.69) is 10.3 Å². The van der Waals surface area contributed by atoms with Gasteiger partial charge < -0.3 is 15.2 Å². The molecule has 0 saturated heterocycles. The van der Waals surface area contributed by atoms with Crippen LogP contribution in [0.3, 0.4) is 0 Å². The number of carbonyl (C=O) groups is 1. The Labute approximate surface area is 132 Å². The Morgan fingerprint density at radius 2 is 1.89 bits per heavy atom. The quantitative estimate of drug-likeness (QED) is 0.682. The van der Waals surface area contributed by atoms with E-state index >= 15 is 0 Å². The minimum Gasteiger partial charge on any atom is -0.385 e. The zero-order valence-corrected chi connectivity index (χ0v) is 13.4. The van der Waals surface area contributed by atoms with Gasteiger partial charge in [0.25, 0.3) is 0 Å². The van der Waals surface area contributed by atoms with E-state index in [9.17, 15) is 4.79 Å². The van der Waals surface area contributed by atoms with Crippen molar-refractivity contribution in [1.29, 1.82) is 0 Å². The number of nitrogens with one attached hydrogen (secondary N) is 1. The zero-order valence-electron chi connectivity index (χ0n) is 10.5. The first-order chi connectivity index (χ1) is 8.10. The molecule has 7 heteroatoms. The van der Waals surface area contributed by atoms with Crippen molar-refractivity contribution in [1.82, 2.24) is 10.5 Å². The molecule has 1 aromatic rings. The molecular weight excluding hydrogens is 313 g/mol. The molecule has 0 fully saturated rings. The van der Waals surface area contributed by atoms with Gasteiger partial charge in [0.05, 0.1) is 0 Å². The summed E-state index contributed by atoms with van der Waals surface area (Å²) < 4.78 is 0. The Balaban J connectivity index is 0. The molecule has 18 heavy (non-hydrogen) atoms. The zero-order chi connectivity index (χ0) is 13.1. The molecule has 0 aliphatic carbocycles. The van der Waals surface area contributed by atoms with Crippen LogP contribution < -0.4 is 5.48 Å². The predicted octanol–water partition coefficient (Wildman–Crippen LogP) is 0.161. The third-order valence-electron chi connectivity index (χ3n) is 1.54. The van der Waals surface area contributed by atoms with Crippen LogP contribution in [0.1, 0.15) is 5.56 Å². The van der Waals surface area contributed by atoms with Gasteiger partial charge in [0, 0.05) is 53.3 Å². The average Bonchev–Trinajstić information content (AvgIpc) is 2.31. The van der Waals surface area contributed by atoms with Crippen LogP contribution in [0.5, 0.6) is 0 Å². The summed E-state index contributed by atoms with van der Waals surface area (Å²) in [6.45, 7) is -0.0565. The third kappa shape index (κ3) is 12.1. The van der Waals surface area contributed by atoms with E-state index in [1.54, 1.807) is 14.1 Å². The van der Waals surface area contributed by atoms with Crippen LogP contribution in [0, 0.1) is 0 Å². The smallest absolute Gasteiger partial charge is 0.350 e. The third-order valence-corrected chi connectivity index (χ3v) is 1.54. The number of rotatable bonds is 4. The van der Waals surface area contributed by atoms with Gasteiger partial charge in [-0.05, 0) is 5.56 Å². The number of carbonyl (C=O) groups excluding carboxylic acids is 1. The van der Waals surface area contributed by atoms with Gasteiger partial charge in [-0.3, -0.25) is 0 Å². The summed E-state index contributed by atoms with van der Waals surface area (Å²) in [6.07, 6.45) is 0. The van der Waals surface area contributed by atoms with E-state index in [1.165, 1.54) is 5.06 Å². The molecule has 0 atom stereocenters. The molecule has 0 aliphatic rings. The van der Waals surface area contributed by atoms with Crippen LogP contribution >= 0.6 is 0 Å². The number of benzene rings is 1. The second-order valence-corrected chi connectivity index (χ2v) is 3.25. The van der Waals surface area contributed by atoms with Gasteiger partial charge >= 0.3 is 5.97 Å². The summed E-state index contributed by atoms with van der Waals surface area (Å²) >= 11 is 0. The standard InChI is InChI=1S/C7H9NO.C4H9NO3.Y/c9-8-6-7-4-2-1-3-5-7;1-5(2)8-4(7)3-6;/h1-5,8-9H,6H2;6H,3H2,1-2H3;. The number of nitrogens with zero attached hydrogens (tertiary/aromatic N) is 1. The van der Waals surface area contributed by atoms with Crippen molar-refractivity contribution in [3.8, 4) is 0 Å². The second kappa shape index (κ2) is 13.1. The molecule has 0 aromatic heterocycles. The van der Waals surface area contributed by atoms with Gasteiger partial charge in [-0.1, -0.05) is 30.3 Å². The number of hydrogen-bond donors (Lipinski definition) is 3. The van der Waals surface area contributed by atoms with Gasteiger partial charge in [0.15, 0.2) is 0 Å². The summed E-state index contributed by atoms with van der Waals surface area (Å²) in [5, 5.41) is 17.6. The molecule has 0 heterocycles. The largest absolute Gasteiger partial charge is 0.385 e. The van der Waals surface area contributed by atoms with E-state index in [-0.39, 0.29) is 32.7 Å². The van der Waals surface area contributed by atoms with Crippen molar-refractivity contribution in [3.63, 3.8) is 0 Å². The van der Waals surface area contributed by atoms with E-state index in [0.717, 1.165) is 5.56 Å². The maximum atomic E-state index is 10.1. The molecule has 0 spiro atoms. The second-order valence-electron chi connectivity index (χ2n) is 3.25. The molecule has 0 amide bonds. The van der Waals surface area contributed by atoms with Crippen LogP contribution in [-0.2, 0) is 48.9 Å². The maximum absolute atomic E-state index is 10.1. The molecule has 6 nitrogen and oxygen atoms in total. The Morgan fingerprint density at radius 3 is 2.22 bits per heavy atom. The molecule has 99 valence electrons. The Bertz CT molecular complexity index is 309.